The molecule has 3 rings (SSSR count). The number of rotatable bonds is 6. The van der Waals surface area contributed by atoms with E-state index in [1.165, 1.54) is 0 Å². The molecule has 0 spiro atoms. The van der Waals surface area contributed by atoms with Gasteiger partial charge in [0.25, 0.3) is 0 Å². The van der Waals surface area contributed by atoms with Gasteiger partial charge in [-0.25, -0.2) is 4.79 Å². The number of nitrogen functional groups attached to an aromatic ring is 1. The molecule has 2 aromatic rings. The lowest BCUT2D eigenvalue weighted by Gasteiger charge is -2.24. The van der Waals surface area contributed by atoms with Crippen LogP contribution in [0.3, 0.4) is 0 Å². The molecule has 0 unspecified atom stereocenters. The minimum Gasteiger partial charge on any atom is -0.480 e. The number of carbonyl (C=O) groups is 1. The molecule has 0 bridgehead atoms. The number of carboxylic acid groups (broad SMARTS) is 1. The summed E-state index contributed by atoms with van der Waals surface area (Å²) in [5.41, 5.74) is 7.92. The van der Waals surface area contributed by atoms with Gasteiger partial charge in [0.15, 0.2) is 0 Å². The Labute approximate surface area is 146 Å². The first-order valence-electron chi connectivity index (χ1n) is 8.14. The third-order valence-corrected chi connectivity index (χ3v) is 4.37. The summed E-state index contributed by atoms with van der Waals surface area (Å²) in [6, 6.07) is 16.3. The zero-order valence-electron chi connectivity index (χ0n) is 13.8. The Bertz CT molecular complexity index is 764. The SMILES string of the molecule is N=C(N)c1cccc(N2C[C@H](OCc3ccccc3)C[C@H]2C(=O)O)c1. The number of ether oxygens (including phenoxy) is 1. The van der Waals surface area contributed by atoms with Gasteiger partial charge in [-0.05, 0) is 17.7 Å². The maximum absolute atomic E-state index is 11.7. The van der Waals surface area contributed by atoms with Crippen LogP contribution >= 0.6 is 0 Å². The third kappa shape index (κ3) is 3.97. The van der Waals surface area contributed by atoms with Crippen molar-refractivity contribution < 1.29 is 14.6 Å². The second-order valence-corrected chi connectivity index (χ2v) is 6.12. The molecule has 6 nitrogen and oxygen atoms in total. The van der Waals surface area contributed by atoms with Crippen LogP contribution in [0.4, 0.5) is 5.69 Å². The molecular formula is C19H21N3O3. The van der Waals surface area contributed by atoms with Gasteiger partial charge in [-0.2, -0.15) is 0 Å². The highest BCUT2D eigenvalue weighted by atomic mass is 16.5. The van der Waals surface area contributed by atoms with E-state index in [1.807, 2.05) is 41.3 Å². The van der Waals surface area contributed by atoms with Crippen molar-refractivity contribution in [1.29, 1.82) is 5.41 Å². The van der Waals surface area contributed by atoms with Gasteiger partial charge in [0.2, 0.25) is 0 Å². The second-order valence-electron chi connectivity index (χ2n) is 6.12. The quantitative estimate of drug-likeness (QED) is 0.553. The molecule has 1 saturated heterocycles. The smallest absolute Gasteiger partial charge is 0.326 e. The number of carboxylic acids is 1. The van der Waals surface area contributed by atoms with Crippen LogP contribution in [0, 0.1) is 5.41 Å². The van der Waals surface area contributed by atoms with Crippen molar-refractivity contribution in [2.45, 2.75) is 25.2 Å². The predicted molar refractivity (Wildman–Crippen MR) is 95.9 cm³/mol. The number of hydrogen-bond donors (Lipinski definition) is 3. The summed E-state index contributed by atoms with van der Waals surface area (Å²) in [5.74, 6) is -0.913. The fourth-order valence-electron chi connectivity index (χ4n) is 3.08. The Hall–Kier alpha value is -2.86. The minimum absolute atomic E-state index is 0.0372. The summed E-state index contributed by atoms with van der Waals surface area (Å²) in [4.78, 5) is 13.5. The number of nitrogens with one attached hydrogen (secondary N) is 1. The molecule has 130 valence electrons. The number of nitrogens with zero attached hydrogens (tertiary/aromatic N) is 1. The molecule has 6 heteroatoms. The van der Waals surface area contributed by atoms with Gasteiger partial charge in [-0.15, -0.1) is 0 Å². The average molecular weight is 339 g/mol. The number of amidine groups is 1. The Kier molecular flexibility index (Phi) is 5.00. The van der Waals surface area contributed by atoms with E-state index in [-0.39, 0.29) is 11.9 Å². The average Bonchev–Trinajstić information content (AvgIpc) is 3.06. The number of benzene rings is 2. The highest BCUT2D eigenvalue weighted by Gasteiger charge is 2.37. The Balaban J connectivity index is 1.73. The minimum atomic E-state index is -0.876. The first-order chi connectivity index (χ1) is 12.0. The second kappa shape index (κ2) is 7.36. The molecule has 1 fully saturated rings. The topological polar surface area (TPSA) is 99.6 Å². The molecule has 0 radical (unpaired) electrons. The molecular weight excluding hydrogens is 318 g/mol. The van der Waals surface area contributed by atoms with Gasteiger partial charge in [0, 0.05) is 24.2 Å². The van der Waals surface area contributed by atoms with Crippen LogP contribution in [-0.2, 0) is 16.1 Å². The van der Waals surface area contributed by atoms with Crippen LogP contribution in [0.5, 0.6) is 0 Å². The van der Waals surface area contributed by atoms with Crippen molar-refractivity contribution in [2.75, 3.05) is 11.4 Å². The molecule has 25 heavy (non-hydrogen) atoms. The Morgan fingerprint density at radius 2 is 2.00 bits per heavy atom. The zero-order chi connectivity index (χ0) is 17.8. The first-order valence-corrected chi connectivity index (χ1v) is 8.14. The summed E-state index contributed by atoms with van der Waals surface area (Å²) in [6.45, 7) is 0.949. The van der Waals surface area contributed by atoms with Crippen molar-refractivity contribution in [1.82, 2.24) is 0 Å². The molecule has 0 amide bonds. The highest BCUT2D eigenvalue weighted by molar-refractivity contribution is 5.96. The van der Waals surface area contributed by atoms with Gasteiger partial charge >= 0.3 is 5.97 Å². The molecule has 1 heterocycles. The Morgan fingerprint density at radius 1 is 1.24 bits per heavy atom. The first kappa shape index (κ1) is 17.0. The fraction of sp³-hybridized carbons (Fsp3) is 0.263. The van der Waals surface area contributed by atoms with E-state index >= 15 is 0 Å². The molecule has 2 aromatic carbocycles. The van der Waals surface area contributed by atoms with Gasteiger partial charge in [-0.3, -0.25) is 5.41 Å². The fourth-order valence-corrected chi connectivity index (χ4v) is 3.08. The van der Waals surface area contributed by atoms with E-state index in [4.69, 9.17) is 15.9 Å². The molecule has 1 aliphatic heterocycles. The van der Waals surface area contributed by atoms with Gasteiger partial charge in [0.05, 0.1) is 12.7 Å². The standard InChI is InChI=1S/C19H21N3O3/c20-18(21)14-7-4-8-15(9-14)22-11-16(10-17(22)19(23)24)25-12-13-5-2-1-3-6-13/h1-9,16-17H,10-12H2,(H3,20,21)(H,23,24)/t16-,17+/m1/s1. The summed E-state index contributed by atoms with van der Waals surface area (Å²) in [5, 5.41) is 17.1. The van der Waals surface area contributed by atoms with E-state index in [0.717, 1.165) is 11.3 Å². The van der Waals surface area contributed by atoms with Crippen LogP contribution in [0.1, 0.15) is 17.5 Å². The maximum atomic E-state index is 11.7. The van der Waals surface area contributed by atoms with Crippen LogP contribution < -0.4 is 10.6 Å². The molecule has 2 atom stereocenters. The van der Waals surface area contributed by atoms with Crippen molar-refractivity contribution in [3.05, 3.63) is 65.7 Å². The van der Waals surface area contributed by atoms with Crippen LogP contribution in [0.15, 0.2) is 54.6 Å². The summed E-state index contributed by atoms with van der Waals surface area (Å²) in [6.07, 6.45) is 0.259. The molecule has 0 aromatic heterocycles. The lowest BCUT2D eigenvalue weighted by Crippen LogP contribution is -2.36. The predicted octanol–water partition coefficient (Wildman–Crippen LogP) is 2.22. The lowest BCUT2D eigenvalue weighted by atomic mass is 10.1. The monoisotopic (exact) mass is 339 g/mol. The van der Waals surface area contributed by atoms with E-state index in [1.54, 1.807) is 18.2 Å². The molecule has 4 N–H and O–H groups in total. The zero-order valence-corrected chi connectivity index (χ0v) is 13.8. The van der Waals surface area contributed by atoms with Gasteiger partial charge < -0.3 is 20.5 Å². The van der Waals surface area contributed by atoms with E-state index in [0.29, 0.717) is 25.1 Å². The van der Waals surface area contributed by atoms with Crippen molar-refractivity contribution >= 4 is 17.5 Å². The van der Waals surface area contributed by atoms with E-state index < -0.39 is 12.0 Å². The van der Waals surface area contributed by atoms with Gasteiger partial charge in [-0.1, -0.05) is 42.5 Å². The van der Waals surface area contributed by atoms with E-state index in [9.17, 15) is 9.90 Å². The molecule has 0 saturated carbocycles. The normalized spacial score (nSPS) is 19.8. The number of anilines is 1. The summed E-state index contributed by atoms with van der Waals surface area (Å²) >= 11 is 0. The van der Waals surface area contributed by atoms with E-state index in [2.05, 4.69) is 0 Å². The third-order valence-electron chi connectivity index (χ3n) is 4.37. The number of aliphatic carboxylic acids is 1. The van der Waals surface area contributed by atoms with Crippen LogP contribution in [0.2, 0.25) is 0 Å². The highest BCUT2D eigenvalue weighted by Crippen LogP contribution is 2.28. The van der Waals surface area contributed by atoms with Crippen molar-refractivity contribution in [2.24, 2.45) is 5.73 Å². The maximum Gasteiger partial charge on any atom is 0.326 e. The largest absolute Gasteiger partial charge is 0.480 e. The lowest BCUT2D eigenvalue weighted by molar-refractivity contribution is -0.138. The summed E-state index contributed by atoms with van der Waals surface area (Å²) < 4.78 is 5.93. The van der Waals surface area contributed by atoms with Crippen molar-refractivity contribution in [3.8, 4) is 0 Å². The Morgan fingerprint density at radius 3 is 2.68 bits per heavy atom. The van der Waals surface area contributed by atoms with Crippen LogP contribution in [0.25, 0.3) is 0 Å². The number of hydrogen-bond acceptors (Lipinski definition) is 4. The molecule has 0 aliphatic carbocycles. The number of nitrogens with two attached hydrogens (primary N) is 1. The molecule has 1 aliphatic rings. The van der Waals surface area contributed by atoms with Crippen molar-refractivity contribution in [3.63, 3.8) is 0 Å². The summed E-state index contributed by atoms with van der Waals surface area (Å²) in [7, 11) is 0. The van der Waals surface area contributed by atoms with Crippen LogP contribution in [-0.4, -0.2) is 35.6 Å². The van der Waals surface area contributed by atoms with Gasteiger partial charge in [0.1, 0.15) is 11.9 Å².